The predicted octanol–water partition coefficient (Wildman–Crippen LogP) is 4.99. The Kier molecular flexibility index (Phi) is 7.74. The van der Waals surface area contributed by atoms with Crippen LogP contribution in [0, 0.1) is 6.92 Å². The molecule has 0 saturated carbocycles. The molecule has 0 saturated heterocycles. The fraction of sp³-hybridized carbons (Fsp3) is 0.350. The van der Waals surface area contributed by atoms with E-state index in [1.165, 1.54) is 0 Å². The van der Waals surface area contributed by atoms with E-state index in [4.69, 9.17) is 25.8 Å². The topological polar surface area (TPSA) is 44.8 Å². The summed E-state index contributed by atoms with van der Waals surface area (Å²) in [5.41, 5.74) is 1.36. The monoisotopic (exact) mass is 394 g/mol. The van der Waals surface area contributed by atoms with Gasteiger partial charge in [-0.05, 0) is 47.9 Å². The van der Waals surface area contributed by atoms with Crippen molar-refractivity contribution >= 4 is 31.0 Å². The van der Waals surface area contributed by atoms with Gasteiger partial charge in [0.1, 0.15) is 17.2 Å². The standard InChI is InChI=1S/C20H24ClO4P/c1-5-23-14-11-16(24-6-2)19(17(12-14)25-7-3)26-20(22)18-13(4)9-8-10-15(18)21/h8-12,26H,5-7H2,1-4H3. The van der Waals surface area contributed by atoms with Crippen LogP contribution in [0.2, 0.25) is 5.02 Å². The van der Waals surface area contributed by atoms with Gasteiger partial charge in [-0.3, -0.25) is 4.79 Å². The second-order valence-corrected chi connectivity index (χ2v) is 7.09. The first-order chi connectivity index (χ1) is 12.5. The van der Waals surface area contributed by atoms with Crippen molar-refractivity contribution in [3.8, 4) is 17.2 Å². The summed E-state index contributed by atoms with van der Waals surface area (Å²) in [6.45, 7) is 9.11. The molecule has 0 aliphatic rings. The van der Waals surface area contributed by atoms with Crippen LogP contribution in [0.4, 0.5) is 0 Å². The minimum absolute atomic E-state index is 0.0424. The molecule has 140 valence electrons. The maximum absolute atomic E-state index is 13.0. The van der Waals surface area contributed by atoms with Crippen LogP contribution in [0.5, 0.6) is 17.2 Å². The van der Waals surface area contributed by atoms with Crippen molar-refractivity contribution < 1.29 is 19.0 Å². The van der Waals surface area contributed by atoms with E-state index in [9.17, 15) is 4.79 Å². The zero-order valence-corrected chi connectivity index (χ0v) is 17.3. The first kappa shape index (κ1) is 20.5. The van der Waals surface area contributed by atoms with E-state index < -0.39 is 0 Å². The summed E-state index contributed by atoms with van der Waals surface area (Å²) < 4.78 is 17.1. The highest BCUT2D eigenvalue weighted by molar-refractivity contribution is 7.66. The Bertz CT molecular complexity index is 729. The molecule has 0 radical (unpaired) electrons. The molecule has 1 atom stereocenters. The second-order valence-electron chi connectivity index (χ2n) is 5.48. The fourth-order valence-electron chi connectivity index (χ4n) is 2.57. The number of carbonyl (C=O) groups is 1. The van der Waals surface area contributed by atoms with Crippen LogP contribution in [0.25, 0.3) is 0 Å². The average Bonchev–Trinajstić information content (AvgIpc) is 2.58. The molecule has 0 amide bonds. The van der Waals surface area contributed by atoms with Gasteiger partial charge < -0.3 is 14.2 Å². The summed E-state index contributed by atoms with van der Waals surface area (Å²) in [6.07, 6.45) is 0. The molecule has 0 heterocycles. The summed E-state index contributed by atoms with van der Waals surface area (Å²) in [6, 6.07) is 9.08. The lowest BCUT2D eigenvalue weighted by Gasteiger charge is -2.17. The summed E-state index contributed by atoms with van der Waals surface area (Å²) in [5, 5.41) is 1.20. The van der Waals surface area contributed by atoms with Gasteiger partial charge in [0, 0.05) is 17.7 Å². The third-order valence-electron chi connectivity index (χ3n) is 3.64. The molecule has 0 aromatic heterocycles. The molecule has 6 heteroatoms. The maximum Gasteiger partial charge on any atom is 0.187 e. The fourth-order valence-corrected chi connectivity index (χ4v) is 4.18. The summed E-state index contributed by atoms with van der Waals surface area (Å²) >= 11 is 6.26. The van der Waals surface area contributed by atoms with Gasteiger partial charge in [0.25, 0.3) is 0 Å². The van der Waals surface area contributed by atoms with Crippen LogP contribution in [0.1, 0.15) is 36.7 Å². The summed E-state index contributed by atoms with van der Waals surface area (Å²) in [5.74, 6) is 1.88. The van der Waals surface area contributed by atoms with Crippen LogP contribution >= 0.6 is 20.2 Å². The van der Waals surface area contributed by atoms with Gasteiger partial charge in [-0.1, -0.05) is 23.7 Å². The number of hydrogen-bond acceptors (Lipinski definition) is 4. The van der Waals surface area contributed by atoms with Crippen LogP contribution in [0.15, 0.2) is 30.3 Å². The highest BCUT2D eigenvalue weighted by Gasteiger charge is 2.21. The SMILES string of the molecule is CCOc1cc(OCC)c(PC(=O)c2c(C)cccc2Cl)c(OCC)c1. The lowest BCUT2D eigenvalue weighted by Crippen LogP contribution is -2.13. The zero-order chi connectivity index (χ0) is 19.1. The van der Waals surface area contributed by atoms with Crippen LogP contribution in [-0.4, -0.2) is 25.3 Å². The van der Waals surface area contributed by atoms with E-state index in [2.05, 4.69) is 0 Å². The summed E-state index contributed by atoms with van der Waals surface area (Å²) in [4.78, 5) is 13.0. The van der Waals surface area contributed by atoms with Crippen molar-refractivity contribution in [1.29, 1.82) is 0 Å². The van der Waals surface area contributed by atoms with Crippen molar-refractivity contribution in [2.75, 3.05) is 19.8 Å². The normalized spacial score (nSPS) is 11.0. The van der Waals surface area contributed by atoms with E-state index in [-0.39, 0.29) is 14.1 Å². The number of halogens is 1. The van der Waals surface area contributed by atoms with Gasteiger partial charge in [-0.25, -0.2) is 0 Å². The smallest absolute Gasteiger partial charge is 0.187 e. The number of benzene rings is 2. The number of carbonyl (C=O) groups excluding carboxylic acids is 1. The molecule has 0 spiro atoms. The number of ether oxygens (including phenoxy) is 3. The van der Waals surface area contributed by atoms with Crippen molar-refractivity contribution in [2.24, 2.45) is 0 Å². The van der Waals surface area contributed by atoms with Gasteiger partial charge in [-0.15, -0.1) is 0 Å². The summed E-state index contributed by atoms with van der Waals surface area (Å²) in [7, 11) is -0.165. The van der Waals surface area contributed by atoms with Crippen molar-refractivity contribution in [3.63, 3.8) is 0 Å². The average molecular weight is 395 g/mol. The Morgan fingerprint density at radius 3 is 2.08 bits per heavy atom. The molecule has 2 aromatic carbocycles. The molecule has 2 rings (SSSR count). The van der Waals surface area contributed by atoms with Gasteiger partial charge in [-0.2, -0.15) is 0 Å². The molecule has 0 N–H and O–H groups in total. The Morgan fingerprint density at radius 2 is 1.58 bits per heavy atom. The number of aryl methyl sites for hydroxylation is 1. The third kappa shape index (κ3) is 4.90. The van der Waals surface area contributed by atoms with Gasteiger partial charge in [0.15, 0.2) is 5.52 Å². The molecule has 0 bridgehead atoms. The molecule has 0 fully saturated rings. The van der Waals surface area contributed by atoms with E-state index in [0.29, 0.717) is 47.7 Å². The van der Waals surface area contributed by atoms with Crippen molar-refractivity contribution in [3.05, 3.63) is 46.5 Å². The lowest BCUT2D eigenvalue weighted by atomic mass is 10.1. The number of rotatable bonds is 9. The maximum atomic E-state index is 13.0. The van der Waals surface area contributed by atoms with E-state index >= 15 is 0 Å². The minimum Gasteiger partial charge on any atom is -0.494 e. The molecule has 0 aliphatic carbocycles. The van der Waals surface area contributed by atoms with Crippen LogP contribution in [-0.2, 0) is 0 Å². The van der Waals surface area contributed by atoms with E-state index in [1.54, 1.807) is 6.07 Å². The minimum atomic E-state index is -0.165. The number of hydrogen-bond donors (Lipinski definition) is 0. The van der Waals surface area contributed by atoms with Gasteiger partial charge in [0.2, 0.25) is 0 Å². The predicted molar refractivity (Wildman–Crippen MR) is 108 cm³/mol. The molecule has 1 unspecified atom stereocenters. The molecule has 2 aromatic rings. The Morgan fingerprint density at radius 1 is 1.00 bits per heavy atom. The molecule has 26 heavy (non-hydrogen) atoms. The highest BCUT2D eigenvalue weighted by atomic mass is 35.5. The lowest BCUT2D eigenvalue weighted by molar-refractivity contribution is 0.108. The molecular weight excluding hydrogens is 371 g/mol. The van der Waals surface area contributed by atoms with Crippen molar-refractivity contribution in [2.45, 2.75) is 27.7 Å². The van der Waals surface area contributed by atoms with Gasteiger partial charge in [0.05, 0.1) is 30.1 Å². The Labute approximate surface area is 161 Å². The molecule has 4 nitrogen and oxygen atoms in total. The van der Waals surface area contributed by atoms with E-state index in [0.717, 1.165) is 10.9 Å². The third-order valence-corrected chi connectivity index (χ3v) is 5.17. The second kappa shape index (κ2) is 9.80. The Hall–Kier alpha value is -1.77. The quantitative estimate of drug-likeness (QED) is 0.562. The largest absolute Gasteiger partial charge is 0.494 e. The highest BCUT2D eigenvalue weighted by Crippen LogP contribution is 2.36. The first-order valence-corrected chi connectivity index (χ1v) is 10.0. The van der Waals surface area contributed by atoms with Gasteiger partial charge >= 0.3 is 0 Å². The Balaban J connectivity index is 2.47. The first-order valence-electron chi connectivity index (χ1n) is 8.64. The van der Waals surface area contributed by atoms with E-state index in [1.807, 2.05) is 52.0 Å². The zero-order valence-electron chi connectivity index (χ0n) is 15.5. The molecular formula is C20H24ClO4P. The van der Waals surface area contributed by atoms with Crippen molar-refractivity contribution in [1.82, 2.24) is 0 Å². The van der Waals surface area contributed by atoms with Crippen LogP contribution < -0.4 is 19.5 Å². The molecule has 0 aliphatic heterocycles. The van der Waals surface area contributed by atoms with Crippen LogP contribution in [0.3, 0.4) is 0 Å².